The van der Waals surface area contributed by atoms with Crippen molar-refractivity contribution in [2.75, 3.05) is 0 Å². The molecule has 0 amide bonds. The molecule has 12 heavy (non-hydrogen) atoms. The number of aromatic amines is 1. The number of rotatable bonds is 2. The average Bonchev–Trinajstić information content (AvgIpc) is 2.30. The third kappa shape index (κ3) is 1.39. The highest BCUT2D eigenvalue weighted by Gasteiger charge is 2.11. The Morgan fingerprint density at radius 1 is 1.67 bits per heavy atom. The lowest BCUT2D eigenvalue weighted by Crippen LogP contribution is -2.12. The number of carbonyl (C=O) groups is 1. The molecule has 0 bridgehead atoms. The van der Waals surface area contributed by atoms with Crippen LogP contribution in [0, 0.1) is 0 Å². The summed E-state index contributed by atoms with van der Waals surface area (Å²) >= 11 is 0. The van der Waals surface area contributed by atoms with Crippen LogP contribution in [-0.2, 0) is 0 Å². The van der Waals surface area contributed by atoms with Crippen LogP contribution in [0.1, 0.15) is 30.2 Å². The van der Waals surface area contributed by atoms with Gasteiger partial charge in [0.25, 0.3) is 5.56 Å². The second kappa shape index (κ2) is 2.84. The lowest BCUT2D eigenvalue weighted by Gasteiger charge is -2.03. The van der Waals surface area contributed by atoms with Gasteiger partial charge in [0.05, 0.1) is 0 Å². The predicted molar refractivity (Wildman–Crippen MR) is 42.4 cm³/mol. The van der Waals surface area contributed by atoms with Gasteiger partial charge in [-0.25, -0.2) is 4.79 Å². The molecule has 0 unspecified atom stereocenters. The SMILES string of the molecule is CC(C)n1cc(C(=O)O)c(=O)[nH]1. The van der Waals surface area contributed by atoms with Gasteiger partial charge in [0.1, 0.15) is 5.56 Å². The highest BCUT2D eigenvalue weighted by atomic mass is 16.4. The van der Waals surface area contributed by atoms with Crippen molar-refractivity contribution in [1.82, 2.24) is 9.78 Å². The zero-order valence-corrected chi connectivity index (χ0v) is 6.87. The molecule has 0 aliphatic rings. The number of hydrogen-bond donors (Lipinski definition) is 2. The van der Waals surface area contributed by atoms with Crippen molar-refractivity contribution in [2.24, 2.45) is 0 Å². The van der Waals surface area contributed by atoms with Gasteiger partial charge in [-0.3, -0.25) is 14.6 Å². The summed E-state index contributed by atoms with van der Waals surface area (Å²) in [6.07, 6.45) is 1.30. The summed E-state index contributed by atoms with van der Waals surface area (Å²) in [7, 11) is 0. The Hall–Kier alpha value is -1.52. The monoisotopic (exact) mass is 170 g/mol. The van der Waals surface area contributed by atoms with Gasteiger partial charge < -0.3 is 5.11 Å². The van der Waals surface area contributed by atoms with E-state index in [1.807, 2.05) is 13.8 Å². The molecular formula is C7H10N2O3. The summed E-state index contributed by atoms with van der Waals surface area (Å²) in [6, 6.07) is 0.0609. The number of nitrogens with one attached hydrogen (secondary N) is 1. The Morgan fingerprint density at radius 3 is 2.50 bits per heavy atom. The molecular weight excluding hydrogens is 160 g/mol. The average molecular weight is 170 g/mol. The van der Waals surface area contributed by atoms with E-state index in [0.29, 0.717) is 0 Å². The second-order valence-electron chi connectivity index (χ2n) is 2.79. The normalized spacial score (nSPS) is 10.6. The lowest BCUT2D eigenvalue weighted by molar-refractivity contribution is 0.0695. The fourth-order valence-electron chi connectivity index (χ4n) is 0.838. The summed E-state index contributed by atoms with van der Waals surface area (Å²) in [5.74, 6) is -1.20. The van der Waals surface area contributed by atoms with Gasteiger partial charge in [-0.05, 0) is 13.8 Å². The first-order valence-electron chi connectivity index (χ1n) is 3.57. The van der Waals surface area contributed by atoms with Gasteiger partial charge in [0.15, 0.2) is 0 Å². The third-order valence-electron chi connectivity index (χ3n) is 1.53. The van der Waals surface area contributed by atoms with Gasteiger partial charge in [-0.1, -0.05) is 0 Å². The number of aromatic carboxylic acids is 1. The van der Waals surface area contributed by atoms with Gasteiger partial charge in [-0.2, -0.15) is 0 Å². The molecule has 1 rings (SSSR count). The van der Waals surface area contributed by atoms with E-state index in [-0.39, 0.29) is 11.6 Å². The molecule has 5 nitrogen and oxygen atoms in total. The summed E-state index contributed by atoms with van der Waals surface area (Å²) in [5.41, 5.74) is -0.778. The number of carboxylic acids is 1. The zero-order valence-electron chi connectivity index (χ0n) is 6.87. The van der Waals surface area contributed by atoms with Gasteiger partial charge in [0, 0.05) is 12.2 Å². The van der Waals surface area contributed by atoms with Gasteiger partial charge in [0.2, 0.25) is 0 Å². The third-order valence-corrected chi connectivity index (χ3v) is 1.53. The molecule has 0 saturated carbocycles. The van der Waals surface area contributed by atoms with Crippen LogP contribution in [0.15, 0.2) is 11.0 Å². The van der Waals surface area contributed by atoms with Gasteiger partial charge >= 0.3 is 5.97 Å². The minimum Gasteiger partial charge on any atom is -0.477 e. The lowest BCUT2D eigenvalue weighted by atomic mass is 10.3. The minimum absolute atomic E-state index is 0.0609. The molecule has 1 aromatic rings. The largest absolute Gasteiger partial charge is 0.477 e. The van der Waals surface area contributed by atoms with Crippen LogP contribution in [0.25, 0.3) is 0 Å². The van der Waals surface area contributed by atoms with Crippen LogP contribution in [0.5, 0.6) is 0 Å². The number of carboxylic acid groups (broad SMARTS) is 1. The molecule has 0 radical (unpaired) electrons. The topological polar surface area (TPSA) is 75.1 Å². The second-order valence-corrected chi connectivity index (χ2v) is 2.79. The number of nitrogens with zero attached hydrogens (tertiary/aromatic N) is 1. The molecule has 0 fully saturated rings. The highest BCUT2D eigenvalue weighted by molar-refractivity contribution is 5.86. The molecule has 66 valence electrons. The number of H-pyrrole nitrogens is 1. The molecule has 0 aromatic carbocycles. The quantitative estimate of drug-likeness (QED) is 0.676. The van der Waals surface area contributed by atoms with E-state index in [1.54, 1.807) is 0 Å². The zero-order chi connectivity index (χ0) is 9.30. The Labute approximate surface area is 68.6 Å². The first-order valence-corrected chi connectivity index (χ1v) is 3.57. The number of aromatic nitrogens is 2. The van der Waals surface area contributed by atoms with E-state index >= 15 is 0 Å². The van der Waals surface area contributed by atoms with Crippen molar-refractivity contribution in [1.29, 1.82) is 0 Å². The summed E-state index contributed by atoms with van der Waals surface area (Å²) in [4.78, 5) is 21.4. The maximum atomic E-state index is 10.9. The van der Waals surface area contributed by atoms with Crippen LogP contribution in [0.3, 0.4) is 0 Å². The maximum absolute atomic E-state index is 10.9. The Bertz CT molecular complexity index is 348. The predicted octanol–water partition coefficient (Wildman–Crippen LogP) is 0.456. The minimum atomic E-state index is -1.20. The maximum Gasteiger partial charge on any atom is 0.342 e. The van der Waals surface area contributed by atoms with Crippen molar-refractivity contribution >= 4 is 5.97 Å². The summed E-state index contributed by atoms with van der Waals surface area (Å²) in [5, 5.41) is 10.9. The summed E-state index contributed by atoms with van der Waals surface area (Å²) < 4.78 is 1.46. The van der Waals surface area contributed by atoms with Crippen LogP contribution in [0.2, 0.25) is 0 Å². The van der Waals surface area contributed by atoms with Gasteiger partial charge in [-0.15, -0.1) is 0 Å². The molecule has 1 heterocycles. The fourth-order valence-corrected chi connectivity index (χ4v) is 0.838. The smallest absolute Gasteiger partial charge is 0.342 e. The van der Waals surface area contributed by atoms with Crippen LogP contribution < -0.4 is 5.56 Å². The van der Waals surface area contributed by atoms with Crippen molar-refractivity contribution in [3.63, 3.8) is 0 Å². The van der Waals surface area contributed by atoms with E-state index in [4.69, 9.17) is 5.11 Å². The Balaban J connectivity index is 3.18. The van der Waals surface area contributed by atoms with Crippen LogP contribution >= 0.6 is 0 Å². The van der Waals surface area contributed by atoms with Crippen LogP contribution in [0.4, 0.5) is 0 Å². The molecule has 1 aromatic heterocycles. The first-order chi connectivity index (χ1) is 5.52. The molecule has 0 spiro atoms. The van der Waals surface area contributed by atoms with Crippen LogP contribution in [-0.4, -0.2) is 20.9 Å². The first kappa shape index (κ1) is 8.58. The fraction of sp³-hybridized carbons (Fsp3) is 0.429. The van der Waals surface area contributed by atoms with E-state index in [1.165, 1.54) is 10.9 Å². The highest BCUT2D eigenvalue weighted by Crippen LogP contribution is 2.00. The summed E-state index contributed by atoms with van der Waals surface area (Å²) in [6.45, 7) is 3.70. The van der Waals surface area contributed by atoms with E-state index in [9.17, 15) is 9.59 Å². The molecule has 5 heteroatoms. The molecule has 0 aliphatic carbocycles. The molecule has 2 N–H and O–H groups in total. The van der Waals surface area contributed by atoms with E-state index in [0.717, 1.165) is 0 Å². The molecule has 0 aliphatic heterocycles. The Kier molecular flexibility index (Phi) is 2.03. The molecule has 0 saturated heterocycles. The van der Waals surface area contributed by atoms with Crippen molar-refractivity contribution in [2.45, 2.75) is 19.9 Å². The van der Waals surface area contributed by atoms with Crippen molar-refractivity contribution in [3.05, 3.63) is 22.1 Å². The van der Waals surface area contributed by atoms with E-state index in [2.05, 4.69) is 5.10 Å². The van der Waals surface area contributed by atoms with Crippen molar-refractivity contribution < 1.29 is 9.90 Å². The number of hydrogen-bond acceptors (Lipinski definition) is 2. The van der Waals surface area contributed by atoms with E-state index < -0.39 is 11.5 Å². The Morgan fingerprint density at radius 2 is 2.25 bits per heavy atom. The van der Waals surface area contributed by atoms with Crippen molar-refractivity contribution in [3.8, 4) is 0 Å². The standard InChI is InChI=1S/C7H10N2O3/c1-4(2)9-3-5(7(11)12)6(10)8-9/h3-4H,1-2H3,(H,8,10)(H,11,12). The molecule has 0 atom stereocenters.